The molecule has 1 saturated heterocycles. The lowest BCUT2D eigenvalue weighted by molar-refractivity contribution is -0.0135. The maximum absolute atomic E-state index is 12.9. The van der Waals surface area contributed by atoms with Crippen molar-refractivity contribution in [3.05, 3.63) is 71.9 Å². The molecule has 2 atom stereocenters. The van der Waals surface area contributed by atoms with E-state index < -0.39 is 0 Å². The van der Waals surface area contributed by atoms with Gasteiger partial charge in [-0.2, -0.15) is 0 Å². The number of ether oxygens (including phenoxy) is 2. The van der Waals surface area contributed by atoms with Gasteiger partial charge in [0.05, 0.1) is 24.8 Å². The zero-order chi connectivity index (χ0) is 19.3. The van der Waals surface area contributed by atoms with Crippen molar-refractivity contribution in [1.82, 2.24) is 10.3 Å². The van der Waals surface area contributed by atoms with Crippen LogP contribution in [0.1, 0.15) is 22.3 Å². The molecule has 2 heterocycles. The number of carbonyl (C=O) groups excluding carboxylic acids is 1. The Hall–Kier alpha value is -2.96. The number of benzene rings is 2. The van der Waals surface area contributed by atoms with Crippen molar-refractivity contribution in [2.45, 2.75) is 25.2 Å². The van der Waals surface area contributed by atoms with Gasteiger partial charge in [0, 0.05) is 23.8 Å². The zero-order valence-electron chi connectivity index (χ0n) is 15.4. The average Bonchev–Trinajstić information content (AvgIpc) is 2.75. The summed E-state index contributed by atoms with van der Waals surface area (Å²) in [6, 6.07) is 16.4. The zero-order valence-corrected chi connectivity index (χ0v) is 15.4. The average molecular weight is 378 g/mol. The molecule has 1 aromatic heterocycles. The third-order valence-electron chi connectivity index (χ3n) is 4.90. The molecule has 144 valence electrons. The first-order chi connectivity index (χ1) is 13.7. The lowest BCUT2D eigenvalue weighted by Gasteiger charge is -2.32. The summed E-state index contributed by atoms with van der Waals surface area (Å²) in [6.45, 7) is 0.973. The summed E-state index contributed by atoms with van der Waals surface area (Å²) in [4.78, 5) is 17.3. The molecule has 28 heavy (non-hydrogen) atoms. The fraction of sp³-hybridized carbons (Fsp3) is 0.273. The van der Waals surface area contributed by atoms with Crippen LogP contribution in [0.3, 0.4) is 0 Å². The summed E-state index contributed by atoms with van der Waals surface area (Å²) in [5.74, 6) is 0.538. The van der Waals surface area contributed by atoms with E-state index in [0.29, 0.717) is 30.9 Å². The minimum Gasteiger partial charge on any atom is -0.486 e. The van der Waals surface area contributed by atoms with Crippen molar-refractivity contribution in [2.75, 3.05) is 13.2 Å². The number of carbonyl (C=O) groups is 1. The Morgan fingerprint density at radius 1 is 1.18 bits per heavy atom. The number of aliphatic hydroxyl groups is 1. The molecular formula is C22H22N2O4. The van der Waals surface area contributed by atoms with Crippen LogP contribution in [0.5, 0.6) is 5.75 Å². The van der Waals surface area contributed by atoms with Gasteiger partial charge in [0.2, 0.25) is 0 Å². The van der Waals surface area contributed by atoms with Gasteiger partial charge in [0.15, 0.2) is 0 Å². The van der Waals surface area contributed by atoms with Crippen LogP contribution in [-0.4, -0.2) is 41.4 Å². The second-order valence-corrected chi connectivity index (χ2v) is 6.78. The Bertz CT molecular complexity index is 953. The number of fused-ring (bicyclic) bond motifs is 1. The molecule has 2 unspecified atom stereocenters. The minimum atomic E-state index is -0.286. The van der Waals surface area contributed by atoms with Gasteiger partial charge in [0.25, 0.3) is 5.91 Å². The monoisotopic (exact) mass is 378 g/mol. The van der Waals surface area contributed by atoms with Crippen molar-refractivity contribution in [1.29, 1.82) is 0 Å². The number of aliphatic hydroxyl groups excluding tert-OH is 1. The molecule has 3 aromatic rings. The Balaban J connectivity index is 1.50. The number of pyridine rings is 1. The SMILES string of the molecule is O=C(NC1CCOCC1Oc1ccc(CO)cc1)c1cccc2ncccc12. The van der Waals surface area contributed by atoms with Crippen molar-refractivity contribution in [3.63, 3.8) is 0 Å². The number of aromatic nitrogens is 1. The van der Waals surface area contributed by atoms with Gasteiger partial charge < -0.3 is 19.9 Å². The normalized spacial score (nSPS) is 19.3. The van der Waals surface area contributed by atoms with E-state index in [1.54, 1.807) is 6.20 Å². The standard InChI is InChI=1S/C22H22N2O4/c25-13-15-6-8-16(9-7-15)28-21-14-27-12-10-20(21)24-22(26)18-3-1-5-19-17(18)4-2-11-23-19/h1-9,11,20-21,25H,10,12-14H2,(H,24,26). The van der Waals surface area contributed by atoms with Crippen LogP contribution in [0, 0.1) is 0 Å². The van der Waals surface area contributed by atoms with Gasteiger partial charge in [-0.3, -0.25) is 9.78 Å². The van der Waals surface area contributed by atoms with Crippen LogP contribution in [0.15, 0.2) is 60.8 Å². The maximum atomic E-state index is 12.9. The van der Waals surface area contributed by atoms with Gasteiger partial charge in [-0.1, -0.05) is 24.3 Å². The van der Waals surface area contributed by atoms with Crippen molar-refractivity contribution >= 4 is 16.8 Å². The fourth-order valence-corrected chi connectivity index (χ4v) is 3.39. The van der Waals surface area contributed by atoms with Gasteiger partial charge in [-0.05, 0) is 42.3 Å². The molecular weight excluding hydrogens is 356 g/mol. The van der Waals surface area contributed by atoms with E-state index in [1.807, 2.05) is 54.6 Å². The number of hydrogen-bond donors (Lipinski definition) is 2. The first-order valence-electron chi connectivity index (χ1n) is 9.33. The third kappa shape index (κ3) is 3.98. The molecule has 6 nitrogen and oxygen atoms in total. The highest BCUT2D eigenvalue weighted by Gasteiger charge is 2.29. The smallest absolute Gasteiger partial charge is 0.252 e. The molecule has 0 radical (unpaired) electrons. The minimum absolute atomic E-state index is 0.00854. The van der Waals surface area contributed by atoms with Crippen LogP contribution in [0.4, 0.5) is 0 Å². The van der Waals surface area contributed by atoms with Gasteiger partial charge >= 0.3 is 0 Å². The summed E-state index contributed by atoms with van der Waals surface area (Å²) >= 11 is 0. The maximum Gasteiger partial charge on any atom is 0.252 e. The molecule has 0 bridgehead atoms. The van der Waals surface area contributed by atoms with Crippen LogP contribution in [0.25, 0.3) is 10.9 Å². The quantitative estimate of drug-likeness (QED) is 0.714. The second kappa shape index (κ2) is 8.37. The lowest BCUT2D eigenvalue weighted by atomic mass is 10.0. The third-order valence-corrected chi connectivity index (χ3v) is 4.90. The van der Waals surface area contributed by atoms with E-state index in [-0.39, 0.29) is 24.7 Å². The highest BCUT2D eigenvalue weighted by atomic mass is 16.5. The van der Waals surface area contributed by atoms with Crippen molar-refractivity contribution in [3.8, 4) is 5.75 Å². The summed E-state index contributed by atoms with van der Waals surface area (Å²) in [6.07, 6.45) is 2.11. The molecule has 1 fully saturated rings. The molecule has 1 aliphatic rings. The molecule has 0 saturated carbocycles. The highest BCUT2D eigenvalue weighted by Crippen LogP contribution is 2.21. The molecule has 1 amide bonds. The molecule has 0 spiro atoms. The van der Waals surface area contributed by atoms with Gasteiger partial charge in [-0.15, -0.1) is 0 Å². The van der Waals surface area contributed by atoms with Gasteiger partial charge in [0.1, 0.15) is 11.9 Å². The first kappa shape index (κ1) is 18.4. The van der Waals surface area contributed by atoms with Crippen molar-refractivity contribution < 1.29 is 19.4 Å². The number of nitrogens with one attached hydrogen (secondary N) is 1. The Labute approximate surface area is 163 Å². The number of nitrogens with zero attached hydrogens (tertiary/aromatic N) is 1. The van der Waals surface area contributed by atoms with E-state index >= 15 is 0 Å². The number of rotatable bonds is 5. The first-order valence-corrected chi connectivity index (χ1v) is 9.33. The van der Waals surface area contributed by atoms with Crippen LogP contribution >= 0.6 is 0 Å². The van der Waals surface area contributed by atoms with Crippen molar-refractivity contribution in [2.24, 2.45) is 0 Å². The number of hydrogen-bond acceptors (Lipinski definition) is 5. The molecule has 2 N–H and O–H groups in total. The van der Waals surface area contributed by atoms with Gasteiger partial charge in [-0.25, -0.2) is 0 Å². The molecule has 0 aliphatic carbocycles. The molecule has 6 heteroatoms. The summed E-state index contributed by atoms with van der Waals surface area (Å²) < 4.78 is 11.6. The Kier molecular flexibility index (Phi) is 5.50. The molecule has 4 rings (SSSR count). The Morgan fingerprint density at radius 2 is 2.04 bits per heavy atom. The molecule has 1 aliphatic heterocycles. The van der Waals surface area contributed by atoms with Crippen LogP contribution in [-0.2, 0) is 11.3 Å². The fourth-order valence-electron chi connectivity index (χ4n) is 3.39. The van der Waals surface area contributed by atoms with E-state index in [1.165, 1.54) is 0 Å². The van der Waals surface area contributed by atoms with E-state index in [0.717, 1.165) is 16.5 Å². The highest BCUT2D eigenvalue weighted by molar-refractivity contribution is 6.06. The molecule has 2 aromatic carbocycles. The predicted molar refractivity (Wildman–Crippen MR) is 105 cm³/mol. The summed E-state index contributed by atoms with van der Waals surface area (Å²) in [7, 11) is 0. The van der Waals surface area contributed by atoms with E-state index in [4.69, 9.17) is 14.6 Å². The van der Waals surface area contributed by atoms with Crippen LogP contribution in [0.2, 0.25) is 0 Å². The summed E-state index contributed by atoms with van der Waals surface area (Å²) in [5, 5.41) is 13.1. The largest absolute Gasteiger partial charge is 0.486 e. The summed E-state index contributed by atoms with van der Waals surface area (Å²) in [5.41, 5.74) is 2.21. The lowest BCUT2D eigenvalue weighted by Crippen LogP contribution is -2.51. The Morgan fingerprint density at radius 3 is 2.86 bits per heavy atom. The predicted octanol–water partition coefficient (Wildman–Crippen LogP) is 2.69. The topological polar surface area (TPSA) is 80.7 Å². The second-order valence-electron chi connectivity index (χ2n) is 6.78. The van der Waals surface area contributed by atoms with E-state index in [9.17, 15) is 4.79 Å². The number of amides is 1. The van der Waals surface area contributed by atoms with E-state index in [2.05, 4.69) is 10.3 Å². The van der Waals surface area contributed by atoms with Crippen LogP contribution < -0.4 is 10.1 Å².